The average Bonchev–Trinajstić information content (AvgIpc) is 2.27. The number of methoxy groups -OCH3 is 3. The monoisotopic (exact) mass is 266 g/mol. The van der Waals surface area contributed by atoms with E-state index in [0.29, 0.717) is 0 Å². The van der Waals surface area contributed by atoms with Crippen LogP contribution in [0.5, 0.6) is 0 Å². The minimum absolute atomic E-state index is 0.0956. The first kappa shape index (κ1) is 17.8. The predicted molar refractivity (Wildman–Crippen MR) is 66.4 cm³/mol. The van der Waals surface area contributed by atoms with Crippen molar-refractivity contribution in [2.75, 3.05) is 27.9 Å². The van der Waals surface area contributed by atoms with E-state index in [-0.39, 0.29) is 13.0 Å². The van der Waals surface area contributed by atoms with Gasteiger partial charge in [-0.25, -0.2) is 0 Å². The lowest BCUT2D eigenvalue weighted by atomic mass is 9.82. The number of ether oxygens (including phenoxy) is 3. The third kappa shape index (κ3) is 4.15. The highest BCUT2D eigenvalue weighted by molar-refractivity contribution is 4.98. The van der Waals surface area contributed by atoms with Gasteiger partial charge in [0.2, 0.25) is 0 Å². The van der Waals surface area contributed by atoms with Gasteiger partial charge >= 0.3 is 0 Å². The molecule has 0 aliphatic rings. The quantitative estimate of drug-likeness (QED) is 0.524. The van der Waals surface area contributed by atoms with Crippen molar-refractivity contribution in [3.8, 4) is 0 Å². The second-order valence-electron chi connectivity index (χ2n) is 4.55. The molecule has 0 heterocycles. The third-order valence-corrected chi connectivity index (χ3v) is 3.17. The van der Waals surface area contributed by atoms with E-state index in [9.17, 15) is 15.3 Å². The van der Waals surface area contributed by atoms with Crippen molar-refractivity contribution < 1.29 is 29.5 Å². The molecule has 0 amide bonds. The van der Waals surface area contributed by atoms with Gasteiger partial charge in [-0.15, -0.1) is 0 Å². The predicted octanol–water partition coefficient (Wildman–Crippen LogP) is -0.454. The zero-order chi connectivity index (χ0) is 14.3. The lowest BCUT2D eigenvalue weighted by molar-refractivity contribution is -0.210. The molecular weight excluding hydrogens is 240 g/mol. The molecule has 6 heteroatoms. The molecule has 5 unspecified atom stereocenters. The molecule has 0 spiro atoms. The summed E-state index contributed by atoms with van der Waals surface area (Å²) >= 11 is 0. The average molecular weight is 266 g/mol. The molecule has 3 N–H and O–H groups in total. The van der Waals surface area contributed by atoms with E-state index in [2.05, 4.69) is 0 Å². The van der Waals surface area contributed by atoms with Crippen LogP contribution in [0.1, 0.15) is 20.3 Å². The summed E-state index contributed by atoms with van der Waals surface area (Å²) in [6, 6.07) is 0. The minimum Gasteiger partial charge on any atom is -0.391 e. The highest BCUT2D eigenvalue weighted by Gasteiger charge is 2.47. The molecule has 110 valence electrons. The topological polar surface area (TPSA) is 88.4 Å². The molecule has 0 aromatic heterocycles. The summed E-state index contributed by atoms with van der Waals surface area (Å²) in [5, 5.41) is 29.5. The molecule has 0 bridgehead atoms. The summed E-state index contributed by atoms with van der Waals surface area (Å²) in [5.41, 5.74) is -1.19. The van der Waals surface area contributed by atoms with Crippen LogP contribution in [0.25, 0.3) is 0 Å². The molecule has 0 saturated carbocycles. The maximum absolute atomic E-state index is 9.96. The zero-order valence-electron chi connectivity index (χ0n) is 11.8. The Balaban J connectivity index is 5.13. The Hall–Kier alpha value is -0.240. The van der Waals surface area contributed by atoms with Gasteiger partial charge in [-0.05, 0) is 13.8 Å². The lowest BCUT2D eigenvalue weighted by Gasteiger charge is -2.43. The van der Waals surface area contributed by atoms with E-state index >= 15 is 0 Å². The summed E-state index contributed by atoms with van der Waals surface area (Å²) in [6.07, 6.45) is -3.25. The maximum atomic E-state index is 9.96. The van der Waals surface area contributed by atoms with E-state index in [4.69, 9.17) is 14.2 Å². The fourth-order valence-electron chi connectivity index (χ4n) is 2.32. The number of hydrogen-bond donors (Lipinski definition) is 3. The zero-order valence-corrected chi connectivity index (χ0v) is 11.8. The van der Waals surface area contributed by atoms with E-state index < -0.39 is 30.0 Å². The van der Waals surface area contributed by atoms with Gasteiger partial charge in [0.25, 0.3) is 0 Å². The van der Waals surface area contributed by atoms with Crippen LogP contribution < -0.4 is 0 Å². The summed E-state index contributed by atoms with van der Waals surface area (Å²) in [7, 11) is 4.32. The first-order valence-electron chi connectivity index (χ1n) is 5.96. The van der Waals surface area contributed by atoms with E-state index in [1.54, 1.807) is 6.92 Å². The maximum Gasteiger partial charge on any atom is 0.124 e. The first-order chi connectivity index (χ1) is 8.35. The van der Waals surface area contributed by atoms with Gasteiger partial charge < -0.3 is 29.5 Å². The highest BCUT2D eigenvalue weighted by Crippen LogP contribution is 2.30. The molecule has 0 rings (SSSR count). The number of hydrogen-bond acceptors (Lipinski definition) is 6. The Bertz CT molecular complexity index is 221. The van der Waals surface area contributed by atoms with Crippen LogP contribution in [0.4, 0.5) is 0 Å². The van der Waals surface area contributed by atoms with Crippen molar-refractivity contribution in [3.63, 3.8) is 0 Å². The van der Waals surface area contributed by atoms with Crippen molar-refractivity contribution in [3.05, 3.63) is 0 Å². The van der Waals surface area contributed by atoms with Crippen molar-refractivity contribution in [2.24, 2.45) is 0 Å². The number of aliphatic hydroxyl groups is 3. The third-order valence-electron chi connectivity index (χ3n) is 3.17. The highest BCUT2D eigenvalue weighted by atomic mass is 16.6. The molecule has 6 nitrogen and oxygen atoms in total. The van der Waals surface area contributed by atoms with Gasteiger partial charge in [0, 0.05) is 27.8 Å². The van der Waals surface area contributed by atoms with Gasteiger partial charge in [0.1, 0.15) is 11.7 Å². The Morgan fingerprint density at radius 3 is 1.89 bits per heavy atom. The SMILES string of the molecule is COCC(O)CC(OC)(C(C)O)C(OC)C(C)O. The Morgan fingerprint density at radius 2 is 1.61 bits per heavy atom. The van der Waals surface area contributed by atoms with Crippen LogP contribution in [-0.2, 0) is 14.2 Å². The molecule has 0 aromatic rings. The van der Waals surface area contributed by atoms with E-state index in [0.717, 1.165) is 0 Å². The molecule has 0 aliphatic carbocycles. The van der Waals surface area contributed by atoms with Crippen LogP contribution in [-0.4, -0.2) is 73.3 Å². The smallest absolute Gasteiger partial charge is 0.124 e. The molecule has 0 aromatic carbocycles. The summed E-state index contributed by atoms with van der Waals surface area (Å²) in [5.74, 6) is 0. The van der Waals surface area contributed by atoms with Gasteiger partial charge in [-0.2, -0.15) is 0 Å². The molecule has 5 atom stereocenters. The largest absolute Gasteiger partial charge is 0.391 e. The Kier molecular flexibility index (Phi) is 7.93. The van der Waals surface area contributed by atoms with Gasteiger partial charge in [-0.3, -0.25) is 0 Å². The van der Waals surface area contributed by atoms with Crippen molar-refractivity contribution in [2.45, 2.75) is 50.3 Å². The van der Waals surface area contributed by atoms with E-state index in [1.807, 2.05) is 0 Å². The Labute approximate surface area is 108 Å². The van der Waals surface area contributed by atoms with Crippen molar-refractivity contribution >= 4 is 0 Å². The fourth-order valence-corrected chi connectivity index (χ4v) is 2.32. The minimum atomic E-state index is -1.19. The number of rotatable bonds is 9. The molecule has 0 fully saturated rings. The lowest BCUT2D eigenvalue weighted by Crippen LogP contribution is -2.59. The summed E-state index contributed by atoms with van der Waals surface area (Å²) in [4.78, 5) is 0. The number of aliphatic hydroxyl groups excluding tert-OH is 3. The second kappa shape index (κ2) is 8.04. The fraction of sp³-hybridized carbons (Fsp3) is 1.00. The molecular formula is C12H26O6. The second-order valence-corrected chi connectivity index (χ2v) is 4.55. The van der Waals surface area contributed by atoms with Crippen molar-refractivity contribution in [1.29, 1.82) is 0 Å². The van der Waals surface area contributed by atoms with Gasteiger partial charge in [0.05, 0.1) is 24.9 Å². The van der Waals surface area contributed by atoms with Crippen molar-refractivity contribution in [1.82, 2.24) is 0 Å². The van der Waals surface area contributed by atoms with Gasteiger partial charge in [0.15, 0.2) is 0 Å². The molecule has 18 heavy (non-hydrogen) atoms. The molecule has 0 saturated heterocycles. The molecule has 0 radical (unpaired) electrons. The Morgan fingerprint density at radius 1 is 1.06 bits per heavy atom. The van der Waals surface area contributed by atoms with Crippen LogP contribution in [0.3, 0.4) is 0 Å². The first-order valence-corrected chi connectivity index (χ1v) is 5.96. The summed E-state index contributed by atoms with van der Waals surface area (Å²) < 4.78 is 15.5. The normalized spacial score (nSPS) is 22.0. The standard InChI is InChI=1S/C12H26O6/c1-8(13)11(17-4)12(18-5,9(2)14)6-10(15)7-16-3/h8-11,13-15H,6-7H2,1-5H3. The summed E-state index contributed by atoms with van der Waals surface area (Å²) in [6.45, 7) is 3.21. The van der Waals surface area contributed by atoms with Gasteiger partial charge in [-0.1, -0.05) is 0 Å². The van der Waals surface area contributed by atoms with Crippen LogP contribution in [0.2, 0.25) is 0 Å². The van der Waals surface area contributed by atoms with E-state index in [1.165, 1.54) is 28.3 Å². The van der Waals surface area contributed by atoms with Crippen LogP contribution in [0, 0.1) is 0 Å². The van der Waals surface area contributed by atoms with Crippen LogP contribution in [0.15, 0.2) is 0 Å². The molecule has 0 aliphatic heterocycles. The van der Waals surface area contributed by atoms with Crippen LogP contribution >= 0.6 is 0 Å².